The second-order valence-corrected chi connectivity index (χ2v) is 11.2. The van der Waals surface area contributed by atoms with E-state index in [-0.39, 0.29) is 36.0 Å². The van der Waals surface area contributed by atoms with Gasteiger partial charge in [-0.25, -0.2) is 21.5 Å². The molecule has 10 nitrogen and oxygen atoms in total. The van der Waals surface area contributed by atoms with Crippen molar-refractivity contribution in [3.05, 3.63) is 60.9 Å². The minimum Gasteiger partial charge on any atom is -0.493 e. The van der Waals surface area contributed by atoms with Crippen molar-refractivity contribution in [3.8, 4) is 17.2 Å². The molecular weight excluding hydrogens is 468 g/mol. The van der Waals surface area contributed by atoms with E-state index < -0.39 is 20.0 Å². The molecule has 33 heavy (non-hydrogen) atoms. The second-order valence-electron chi connectivity index (χ2n) is 7.28. The minimum absolute atomic E-state index is 0.0305. The fourth-order valence-electron chi connectivity index (χ4n) is 3.59. The number of piperazine rings is 1. The molecule has 0 aliphatic carbocycles. The van der Waals surface area contributed by atoms with E-state index in [0.29, 0.717) is 11.5 Å². The van der Waals surface area contributed by atoms with Gasteiger partial charge >= 0.3 is 0 Å². The largest absolute Gasteiger partial charge is 0.493 e. The highest BCUT2D eigenvalue weighted by Crippen LogP contribution is 2.31. The lowest BCUT2D eigenvalue weighted by atomic mass is 10.3. The Balaban J connectivity index is 1.49. The first-order chi connectivity index (χ1) is 15.8. The van der Waals surface area contributed by atoms with Crippen LogP contribution in [0.25, 0.3) is 5.69 Å². The number of nitrogens with zero attached hydrogens (tertiary/aromatic N) is 4. The van der Waals surface area contributed by atoms with E-state index >= 15 is 0 Å². The third-order valence-corrected chi connectivity index (χ3v) is 9.15. The smallest absolute Gasteiger partial charge is 0.246 e. The van der Waals surface area contributed by atoms with Crippen LogP contribution in [-0.4, -0.2) is 75.6 Å². The topological polar surface area (TPSA) is 111 Å². The summed E-state index contributed by atoms with van der Waals surface area (Å²) in [6.45, 7) is 0.127. The molecule has 1 saturated heterocycles. The molecule has 4 rings (SSSR count). The third kappa shape index (κ3) is 4.47. The Bertz CT molecular complexity index is 1330. The summed E-state index contributed by atoms with van der Waals surface area (Å²) >= 11 is 0. The minimum atomic E-state index is -3.83. The zero-order valence-corrected chi connectivity index (χ0v) is 19.8. The molecule has 0 spiro atoms. The fraction of sp³-hybridized carbons (Fsp3) is 0.286. The van der Waals surface area contributed by atoms with Gasteiger partial charge in [0, 0.05) is 32.2 Å². The Morgan fingerprint density at radius 2 is 1.33 bits per heavy atom. The Morgan fingerprint density at radius 3 is 1.91 bits per heavy atom. The number of sulfonamides is 2. The first-order valence-electron chi connectivity index (χ1n) is 10.1. The maximum absolute atomic E-state index is 13.1. The van der Waals surface area contributed by atoms with Crippen molar-refractivity contribution < 1.29 is 26.3 Å². The van der Waals surface area contributed by atoms with Gasteiger partial charge < -0.3 is 9.47 Å². The molecular formula is C21H24N4O6S2. The number of benzene rings is 2. The van der Waals surface area contributed by atoms with E-state index in [1.54, 1.807) is 0 Å². The van der Waals surface area contributed by atoms with Crippen LogP contribution in [0, 0.1) is 0 Å². The summed E-state index contributed by atoms with van der Waals surface area (Å²) in [5.74, 6) is 0.721. The molecule has 0 bridgehead atoms. The van der Waals surface area contributed by atoms with E-state index in [2.05, 4.69) is 5.10 Å². The van der Waals surface area contributed by atoms with Crippen molar-refractivity contribution in [1.29, 1.82) is 0 Å². The molecule has 176 valence electrons. The van der Waals surface area contributed by atoms with Gasteiger partial charge in [0.2, 0.25) is 20.0 Å². The molecule has 12 heteroatoms. The van der Waals surface area contributed by atoms with Gasteiger partial charge in [-0.05, 0) is 24.3 Å². The molecule has 1 fully saturated rings. The Hall–Kier alpha value is -2.93. The number of para-hydroxylation sites is 1. The van der Waals surface area contributed by atoms with Gasteiger partial charge in [0.25, 0.3) is 0 Å². The van der Waals surface area contributed by atoms with Crippen LogP contribution in [-0.2, 0) is 20.0 Å². The van der Waals surface area contributed by atoms with Crippen molar-refractivity contribution in [3.63, 3.8) is 0 Å². The van der Waals surface area contributed by atoms with Gasteiger partial charge in [0.15, 0.2) is 11.5 Å². The molecule has 0 radical (unpaired) electrons. The number of methoxy groups -OCH3 is 2. The van der Waals surface area contributed by atoms with Gasteiger partial charge in [-0.1, -0.05) is 18.2 Å². The number of ether oxygens (including phenoxy) is 2. The van der Waals surface area contributed by atoms with Gasteiger partial charge in [0.05, 0.1) is 37.2 Å². The lowest BCUT2D eigenvalue weighted by Gasteiger charge is -2.33. The fourth-order valence-corrected chi connectivity index (χ4v) is 6.38. The summed E-state index contributed by atoms with van der Waals surface area (Å²) in [5.41, 5.74) is 0.741. The highest BCUT2D eigenvalue weighted by atomic mass is 32.2. The molecule has 3 aromatic rings. The van der Waals surface area contributed by atoms with E-state index in [0.717, 1.165) is 5.69 Å². The monoisotopic (exact) mass is 492 g/mol. The SMILES string of the molecule is COc1ccc(S(=O)(=O)N2CCN(S(=O)(=O)c3cnn(-c4ccccc4)c3)CC2)cc1OC. The number of aromatic nitrogens is 2. The normalized spacial score (nSPS) is 15.9. The van der Waals surface area contributed by atoms with Crippen molar-refractivity contribution in [2.75, 3.05) is 40.4 Å². The highest BCUT2D eigenvalue weighted by molar-refractivity contribution is 7.89. The van der Waals surface area contributed by atoms with Crippen LogP contribution in [0.5, 0.6) is 11.5 Å². The lowest BCUT2D eigenvalue weighted by Crippen LogP contribution is -2.50. The Morgan fingerprint density at radius 1 is 0.758 bits per heavy atom. The van der Waals surface area contributed by atoms with E-state index in [1.807, 2.05) is 30.3 Å². The molecule has 0 saturated carbocycles. The first-order valence-corrected chi connectivity index (χ1v) is 13.0. The average Bonchev–Trinajstić information content (AvgIpc) is 3.35. The molecule has 0 N–H and O–H groups in total. The molecule has 2 aromatic carbocycles. The summed E-state index contributed by atoms with van der Waals surface area (Å²) in [6.07, 6.45) is 2.76. The van der Waals surface area contributed by atoms with Crippen LogP contribution in [0.3, 0.4) is 0 Å². The lowest BCUT2D eigenvalue weighted by molar-refractivity contribution is 0.272. The number of rotatable bonds is 7. The summed E-state index contributed by atoms with van der Waals surface area (Å²) < 4.78 is 66.8. The molecule has 1 aliphatic heterocycles. The van der Waals surface area contributed by atoms with Crippen molar-refractivity contribution in [2.45, 2.75) is 9.79 Å². The van der Waals surface area contributed by atoms with E-state index in [4.69, 9.17) is 9.47 Å². The van der Waals surface area contributed by atoms with E-state index in [1.165, 1.54) is 58.1 Å². The molecule has 0 unspecified atom stereocenters. The number of hydrogen-bond donors (Lipinski definition) is 0. The van der Waals surface area contributed by atoms with Gasteiger partial charge in [-0.15, -0.1) is 0 Å². The second kappa shape index (κ2) is 9.14. The van der Waals surface area contributed by atoms with Gasteiger partial charge in [-0.3, -0.25) is 0 Å². The molecule has 0 amide bonds. The van der Waals surface area contributed by atoms with Crippen LogP contribution >= 0.6 is 0 Å². The van der Waals surface area contributed by atoms with Crippen LogP contribution in [0.4, 0.5) is 0 Å². The first kappa shape index (κ1) is 23.2. The standard InChI is InChI=1S/C21H24N4O6S2/c1-30-20-9-8-18(14-21(20)31-2)32(26,27)23-10-12-24(13-11-23)33(28,29)19-15-22-25(16-19)17-6-4-3-5-7-17/h3-9,14-16H,10-13H2,1-2H3. The highest BCUT2D eigenvalue weighted by Gasteiger charge is 2.34. The zero-order chi connectivity index (χ0) is 23.6. The third-order valence-electron chi connectivity index (χ3n) is 5.41. The summed E-state index contributed by atoms with van der Waals surface area (Å²) in [7, 11) is -4.74. The van der Waals surface area contributed by atoms with Crippen LogP contribution in [0.1, 0.15) is 0 Å². The van der Waals surface area contributed by atoms with Gasteiger partial charge in [-0.2, -0.15) is 13.7 Å². The average molecular weight is 493 g/mol. The van der Waals surface area contributed by atoms with Crippen LogP contribution in [0.15, 0.2) is 70.7 Å². The summed E-state index contributed by atoms with van der Waals surface area (Å²) in [4.78, 5) is 0.114. The molecule has 2 heterocycles. The maximum atomic E-state index is 13.1. The number of hydrogen-bond acceptors (Lipinski definition) is 7. The van der Waals surface area contributed by atoms with Crippen LogP contribution < -0.4 is 9.47 Å². The zero-order valence-electron chi connectivity index (χ0n) is 18.2. The maximum Gasteiger partial charge on any atom is 0.246 e. The Kier molecular flexibility index (Phi) is 6.43. The van der Waals surface area contributed by atoms with Crippen molar-refractivity contribution in [1.82, 2.24) is 18.4 Å². The molecule has 1 aromatic heterocycles. The predicted octanol–water partition coefficient (Wildman–Crippen LogP) is 1.58. The van der Waals surface area contributed by atoms with Crippen LogP contribution in [0.2, 0.25) is 0 Å². The predicted molar refractivity (Wildman–Crippen MR) is 121 cm³/mol. The quantitative estimate of drug-likeness (QED) is 0.492. The molecule has 0 atom stereocenters. The molecule has 1 aliphatic rings. The van der Waals surface area contributed by atoms with E-state index in [9.17, 15) is 16.8 Å². The summed E-state index contributed by atoms with van der Waals surface area (Å²) in [5, 5.41) is 4.15. The van der Waals surface area contributed by atoms with Gasteiger partial charge in [0.1, 0.15) is 4.90 Å². The van der Waals surface area contributed by atoms with Crippen molar-refractivity contribution >= 4 is 20.0 Å². The Labute approximate surface area is 193 Å². The van der Waals surface area contributed by atoms with Crippen molar-refractivity contribution in [2.24, 2.45) is 0 Å². The summed E-state index contributed by atoms with van der Waals surface area (Å²) in [6, 6.07) is 13.5.